The Balaban J connectivity index is 2.71. The van der Waals surface area contributed by atoms with Crippen LogP contribution in [0.25, 0.3) is 0 Å². The Labute approximate surface area is 117 Å². The zero-order valence-electron chi connectivity index (χ0n) is 12.5. The minimum absolute atomic E-state index is 0.0381. The molecule has 1 amide bonds. The van der Waals surface area contributed by atoms with Crippen molar-refractivity contribution in [1.82, 2.24) is 10.2 Å². The molecule has 0 aromatic carbocycles. The average Bonchev–Trinajstić information content (AvgIpc) is 2.44. The Morgan fingerprint density at radius 2 is 2.16 bits per heavy atom. The molecule has 0 aromatic heterocycles. The minimum Gasteiger partial charge on any atom is -0.358 e. The Morgan fingerprint density at radius 1 is 1.42 bits per heavy atom. The molecule has 0 heterocycles. The van der Waals surface area contributed by atoms with Crippen molar-refractivity contribution in [2.45, 2.75) is 52.0 Å². The summed E-state index contributed by atoms with van der Waals surface area (Å²) in [6.07, 6.45) is 5.66. The molecule has 1 fully saturated rings. The van der Waals surface area contributed by atoms with Gasteiger partial charge in [-0.1, -0.05) is 26.7 Å². The highest BCUT2D eigenvalue weighted by molar-refractivity contribution is 5.77. The molecule has 108 valence electrons. The Bertz CT molecular complexity index is 324. The van der Waals surface area contributed by atoms with E-state index in [1.54, 1.807) is 7.05 Å². The molecule has 3 unspecified atom stereocenters. The van der Waals surface area contributed by atoms with Crippen molar-refractivity contribution in [2.75, 3.05) is 20.1 Å². The second-order valence-corrected chi connectivity index (χ2v) is 5.51. The number of nitrogens with zero attached hydrogens (tertiary/aromatic N) is 2. The van der Waals surface area contributed by atoms with E-state index in [1.165, 1.54) is 19.3 Å². The number of carbonyl (C=O) groups excluding carboxylic acids is 1. The summed E-state index contributed by atoms with van der Waals surface area (Å²) in [5.41, 5.74) is 0. The van der Waals surface area contributed by atoms with Crippen molar-refractivity contribution in [2.24, 2.45) is 11.8 Å². The van der Waals surface area contributed by atoms with Gasteiger partial charge in [0.1, 0.15) is 0 Å². The van der Waals surface area contributed by atoms with Gasteiger partial charge in [0.15, 0.2) is 0 Å². The maximum absolute atomic E-state index is 11.6. The van der Waals surface area contributed by atoms with Gasteiger partial charge in [-0.3, -0.25) is 9.69 Å². The summed E-state index contributed by atoms with van der Waals surface area (Å²) in [5, 5.41) is 12.0. The van der Waals surface area contributed by atoms with Gasteiger partial charge in [-0.25, -0.2) is 0 Å². The fourth-order valence-electron chi connectivity index (χ4n) is 3.18. The molecule has 1 saturated carbocycles. The van der Waals surface area contributed by atoms with Crippen LogP contribution in [0.3, 0.4) is 0 Å². The van der Waals surface area contributed by atoms with E-state index < -0.39 is 0 Å². The largest absolute Gasteiger partial charge is 0.358 e. The van der Waals surface area contributed by atoms with Gasteiger partial charge in [0.2, 0.25) is 5.91 Å². The van der Waals surface area contributed by atoms with Crippen molar-refractivity contribution >= 4 is 5.91 Å². The van der Waals surface area contributed by atoms with Gasteiger partial charge in [0.25, 0.3) is 0 Å². The monoisotopic (exact) mass is 265 g/mol. The van der Waals surface area contributed by atoms with Gasteiger partial charge < -0.3 is 5.32 Å². The van der Waals surface area contributed by atoms with Crippen molar-refractivity contribution in [3.63, 3.8) is 0 Å². The van der Waals surface area contributed by atoms with Crippen molar-refractivity contribution < 1.29 is 4.79 Å². The van der Waals surface area contributed by atoms with Crippen LogP contribution in [0.2, 0.25) is 0 Å². The molecule has 19 heavy (non-hydrogen) atoms. The first-order valence-corrected chi connectivity index (χ1v) is 7.50. The molecule has 0 saturated heterocycles. The van der Waals surface area contributed by atoms with Crippen LogP contribution in [0.15, 0.2) is 0 Å². The number of hydrogen-bond donors (Lipinski definition) is 1. The molecular weight excluding hydrogens is 238 g/mol. The second-order valence-electron chi connectivity index (χ2n) is 5.51. The average molecular weight is 265 g/mol. The zero-order chi connectivity index (χ0) is 14.3. The summed E-state index contributed by atoms with van der Waals surface area (Å²) in [5.74, 6) is 0.840. The van der Waals surface area contributed by atoms with Crippen LogP contribution >= 0.6 is 0 Å². The molecule has 0 bridgehead atoms. The molecular formula is C15H27N3O. The third-order valence-electron chi connectivity index (χ3n) is 4.29. The lowest BCUT2D eigenvalue weighted by molar-refractivity contribution is -0.122. The lowest BCUT2D eigenvalue weighted by Crippen LogP contribution is -2.47. The number of nitriles is 1. The maximum atomic E-state index is 11.6. The lowest BCUT2D eigenvalue weighted by Gasteiger charge is -2.39. The van der Waals surface area contributed by atoms with E-state index in [-0.39, 0.29) is 17.9 Å². The second kappa shape index (κ2) is 8.16. The van der Waals surface area contributed by atoms with E-state index in [9.17, 15) is 10.1 Å². The van der Waals surface area contributed by atoms with Crippen LogP contribution in [-0.4, -0.2) is 37.0 Å². The van der Waals surface area contributed by atoms with Crippen molar-refractivity contribution in [3.05, 3.63) is 0 Å². The van der Waals surface area contributed by atoms with E-state index in [2.05, 4.69) is 30.1 Å². The van der Waals surface area contributed by atoms with Crippen LogP contribution in [0.5, 0.6) is 0 Å². The van der Waals surface area contributed by atoms with Gasteiger partial charge in [0, 0.05) is 13.1 Å². The summed E-state index contributed by atoms with van der Waals surface area (Å²) in [6.45, 7) is 5.53. The number of carbonyl (C=O) groups is 1. The number of rotatable bonds is 6. The molecule has 0 aliphatic heterocycles. The summed E-state index contributed by atoms with van der Waals surface area (Å²) in [4.78, 5) is 13.8. The van der Waals surface area contributed by atoms with Crippen molar-refractivity contribution in [1.29, 1.82) is 5.26 Å². The van der Waals surface area contributed by atoms with Crippen molar-refractivity contribution in [3.8, 4) is 6.07 Å². The fourth-order valence-corrected chi connectivity index (χ4v) is 3.18. The SMILES string of the molecule is CCCC1CCC(C#N)C(N(CC)CC(=O)NC)C1. The molecule has 0 spiro atoms. The van der Waals surface area contributed by atoms with Crippen LogP contribution in [0, 0.1) is 23.2 Å². The van der Waals surface area contributed by atoms with Gasteiger partial charge >= 0.3 is 0 Å². The summed E-state index contributed by atoms with van der Waals surface area (Å²) in [7, 11) is 1.67. The van der Waals surface area contributed by atoms with Crippen LogP contribution in [0.1, 0.15) is 46.0 Å². The number of amides is 1. The Morgan fingerprint density at radius 3 is 2.68 bits per heavy atom. The standard InChI is InChI=1S/C15H27N3O/c1-4-6-12-7-8-13(10-16)14(9-12)18(5-2)11-15(19)17-3/h12-14H,4-9,11H2,1-3H3,(H,17,19). The first-order chi connectivity index (χ1) is 9.15. The van der Waals surface area contributed by atoms with Crippen LogP contribution < -0.4 is 5.32 Å². The highest BCUT2D eigenvalue weighted by Gasteiger charge is 2.34. The lowest BCUT2D eigenvalue weighted by atomic mass is 9.76. The summed E-state index contributed by atoms with van der Waals surface area (Å²) in [6, 6.07) is 2.70. The number of nitrogens with one attached hydrogen (secondary N) is 1. The Hall–Kier alpha value is -1.08. The predicted molar refractivity (Wildman–Crippen MR) is 76.5 cm³/mol. The fraction of sp³-hybridized carbons (Fsp3) is 0.867. The predicted octanol–water partition coefficient (Wildman–Crippen LogP) is 2.16. The van der Waals surface area contributed by atoms with Crippen LogP contribution in [0.4, 0.5) is 0 Å². The highest BCUT2D eigenvalue weighted by atomic mass is 16.1. The van der Waals surface area contributed by atoms with E-state index >= 15 is 0 Å². The third kappa shape index (κ3) is 4.50. The van der Waals surface area contributed by atoms with E-state index in [0.717, 1.165) is 25.3 Å². The molecule has 1 aliphatic carbocycles. The molecule has 1 N–H and O–H groups in total. The number of likely N-dealkylation sites (N-methyl/N-ethyl adjacent to an activating group) is 2. The number of hydrogen-bond acceptors (Lipinski definition) is 3. The highest BCUT2D eigenvalue weighted by Crippen LogP contribution is 2.34. The molecule has 4 heteroatoms. The van der Waals surface area contributed by atoms with Gasteiger partial charge in [-0.2, -0.15) is 5.26 Å². The molecule has 4 nitrogen and oxygen atoms in total. The zero-order valence-corrected chi connectivity index (χ0v) is 12.5. The smallest absolute Gasteiger partial charge is 0.233 e. The minimum atomic E-state index is 0.0381. The van der Waals surface area contributed by atoms with Crippen LogP contribution in [-0.2, 0) is 4.79 Å². The topological polar surface area (TPSA) is 56.1 Å². The first-order valence-electron chi connectivity index (χ1n) is 7.50. The normalized spacial score (nSPS) is 27.0. The van der Waals surface area contributed by atoms with Gasteiger partial charge in [-0.05, 0) is 31.7 Å². The van der Waals surface area contributed by atoms with E-state index in [0.29, 0.717) is 6.54 Å². The molecule has 1 rings (SSSR count). The third-order valence-corrected chi connectivity index (χ3v) is 4.29. The quantitative estimate of drug-likeness (QED) is 0.800. The van der Waals surface area contributed by atoms with E-state index in [4.69, 9.17) is 0 Å². The maximum Gasteiger partial charge on any atom is 0.233 e. The molecule has 0 aromatic rings. The van der Waals surface area contributed by atoms with E-state index in [1.807, 2.05) is 0 Å². The Kier molecular flexibility index (Phi) is 6.86. The molecule has 1 aliphatic rings. The molecule has 0 radical (unpaired) electrons. The first kappa shape index (κ1) is 16.0. The van der Waals surface area contributed by atoms with Gasteiger partial charge in [-0.15, -0.1) is 0 Å². The summed E-state index contributed by atoms with van der Waals surface area (Å²) < 4.78 is 0. The summed E-state index contributed by atoms with van der Waals surface area (Å²) >= 11 is 0. The molecule has 3 atom stereocenters. The van der Waals surface area contributed by atoms with Gasteiger partial charge in [0.05, 0.1) is 18.5 Å².